The van der Waals surface area contributed by atoms with E-state index in [2.05, 4.69) is 44.7 Å². The number of nitrogens with zero attached hydrogens (tertiary/aromatic N) is 1. The molecule has 82 valence electrons. The van der Waals surface area contributed by atoms with Gasteiger partial charge in [0.05, 0.1) is 0 Å². The van der Waals surface area contributed by atoms with Gasteiger partial charge in [-0.25, -0.2) is 0 Å². The third-order valence-corrected chi connectivity index (χ3v) is 3.15. The number of benzene rings is 1. The molecule has 0 fully saturated rings. The van der Waals surface area contributed by atoms with E-state index in [1.54, 1.807) is 5.56 Å². The standard InChI is InChI=1S/C14H21N/c1-10(2)9-15-6-5-13-12(4)7-11(3)8-14(13)15/h7-8,10H,5-6,9H2,1-4H3. The second-order valence-corrected chi connectivity index (χ2v) is 5.17. The van der Waals surface area contributed by atoms with Crippen molar-refractivity contribution in [3.05, 3.63) is 28.8 Å². The molecule has 0 bridgehead atoms. The molecule has 1 aliphatic rings. The molecule has 1 aliphatic heterocycles. The summed E-state index contributed by atoms with van der Waals surface area (Å²) in [6, 6.07) is 4.65. The van der Waals surface area contributed by atoms with E-state index in [0.29, 0.717) is 0 Å². The Labute approximate surface area is 93.1 Å². The molecule has 0 aromatic heterocycles. The highest BCUT2D eigenvalue weighted by Gasteiger charge is 2.21. The Hall–Kier alpha value is -0.980. The molecule has 2 rings (SSSR count). The van der Waals surface area contributed by atoms with Crippen molar-refractivity contribution < 1.29 is 0 Å². The first-order chi connectivity index (χ1) is 7.08. The van der Waals surface area contributed by atoms with Gasteiger partial charge in [-0.15, -0.1) is 0 Å². The van der Waals surface area contributed by atoms with Gasteiger partial charge in [-0.2, -0.15) is 0 Å². The summed E-state index contributed by atoms with van der Waals surface area (Å²) >= 11 is 0. The molecule has 0 spiro atoms. The van der Waals surface area contributed by atoms with Crippen molar-refractivity contribution in [1.82, 2.24) is 0 Å². The fourth-order valence-corrected chi connectivity index (χ4v) is 2.58. The fraction of sp³-hybridized carbons (Fsp3) is 0.571. The van der Waals surface area contributed by atoms with Crippen molar-refractivity contribution in [3.8, 4) is 0 Å². The minimum absolute atomic E-state index is 0.747. The van der Waals surface area contributed by atoms with E-state index in [4.69, 9.17) is 0 Å². The van der Waals surface area contributed by atoms with E-state index in [1.807, 2.05) is 0 Å². The van der Waals surface area contributed by atoms with Crippen LogP contribution in [0, 0.1) is 19.8 Å². The molecule has 1 nitrogen and oxygen atoms in total. The van der Waals surface area contributed by atoms with E-state index in [1.165, 1.54) is 36.3 Å². The van der Waals surface area contributed by atoms with Crippen molar-refractivity contribution >= 4 is 5.69 Å². The van der Waals surface area contributed by atoms with Crippen LogP contribution in [0.3, 0.4) is 0 Å². The zero-order valence-electron chi connectivity index (χ0n) is 10.3. The molecule has 1 heterocycles. The van der Waals surface area contributed by atoms with Gasteiger partial charge in [0.1, 0.15) is 0 Å². The summed E-state index contributed by atoms with van der Waals surface area (Å²) < 4.78 is 0. The van der Waals surface area contributed by atoms with Crippen LogP contribution in [-0.4, -0.2) is 13.1 Å². The highest BCUT2D eigenvalue weighted by Crippen LogP contribution is 2.32. The van der Waals surface area contributed by atoms with Crippen LogP contribution in [0.1, 0.15) is 30.5 Å². The summed E-state index contributed by atoms with van der Waals surface area (Å²) in [5, 5.41) is 0. The number of aryl methyl sites for hydroxylation is 2. The van der Waals surface area contributed by atoms with Crippen LogP contribution in [0.2, 0.25) is 0 Å². The Morgan fingerprint density at radius 3 is 2.67 bits per heavy atom. The first-order valence-electron chi connectivity index (χ1n) is 5.93. The van der Waals surface area contributed by atoms with Crippen molar-refractivity contribution in [2.75, 3.05) is 18.0 Å². The lowest BCUT2D eigenvalue weighted by Gasteiger charge is -2.22. The molecule has 0 unspecified atom stereocenters. The molecule has 15 heavy (non-hydrogen) atoms. The lowest BCUT2D eigenvalue weighted by molar-refractivity contribution is 0.622. The van der Waals surface area contributed by atoms with Gasteiger partial charge in [-0.3, -0.25) is 0 Å². The monoisotopic (exact) mass is 203 g/mol. The van der Waals surface area contributed by atoms with Crippen molar-refractivity contribution in [2.45, 2.75) is 34.1 Å². The molecule has 1 heteroatoms. The molecule has 0 radical (unpaired) electrons. The summed E-state index contributed by atoms with van der Waals surface area (Å²) in [7, 11) is 0. The summed E-state index contributed by atoms with van der Waals surface area (Å²) in [5.74, 6) is 0.747. The Kier molecular flexibility index (Phi) is 2.72. The minimum Gasteiger partial charge on any atom is -0.371 e. The number of hydrogen-bond donors (Lipinski definition) is 0. The molecule has 1 aromatic rings. The second kappa shape index (κ2) is 3.88. The Morgan fingerprint density at radius 1 is 1.27 bits per heavy atom. The molecule has 0 amide bonds. The van der Waals surface area contributed by atoms with Crippen LogP contribution in [0.25, 0.3) is 0 Å². The van der Waals surface area contributed by atoms with E-state index in [-0.39, 0.29) is 0 Å². The first kappa shape index (κ1) is 10.5. The number of anilines is 1. The maximum absolute atomic E-state index is 2.54. The van der Waals surface area contributed by atoms with Crippen LogP contribution in [0.15, 0.2) is 12.1 Å². The molecular weight excluding hydrogens is 182 g/mol. The first-order valence-corrected chi connectivity index (χ1v) is 5.93. The summed E-state index contributed by atoms with van der Waals surface area (Å²) in [6.45, 7) is 11.4. The van der Waals surface area contributed by atoms with Gasteiger partial charge in [-0.05, 0) is 48.9 Å². The number of rotatable bonds is 2. The third kappa shape index (κ3) is 2.01. The fourth-order valence-electron chi connectivity index (χ4n) is 2.58. The number of hydrogen-bond acceptors (Lipinski definition) is 1. The van der Waals surface area contributed by atoms with Gasteiger partial charge in [0.2, 0.25) is 0 Å². The highest BCUT2D eigenvalue weighted by atomic mass is 15.1. The van der Waals surface area contributed by atoms with Crippen LogP contribution < -0.4 is 4.90 Å². The summed E-state index contributed by atoms with van der Waals surface area (Å²) in [6.07, 6.45) is 1.23. The lowest BCUT2D eigenvalue weighted by atomic mass is 10.0. The molecule has 1 aromatic carbocycles. The van der Waals surface area contributed by atoms with Crippen molar-refractivity contribution in [3.63, 3.8) is 0 Å². The van der Waals surface area contributed by atoms with Crippen molar-refractivity contribution in [1.29, 1.82) is 0 Å². The van der Waals surface area contributed by atoms with Gasteiger partial charge in [0.15, 0.2) is 0 Å². The van der Waals surface area contributed by atoms with Gasteiger partial charge in [0.25, 0.3) is 0 Å². The van der Waals surface area contributed by atoms with Crippen LogP contribution >= 0.6 is 0 Å². The zero-order chi connectivity index (χ0) is 11.0. The van der Waals surface area contributed by atoms with Crippen LogP contribution in [-0.2, 0) is 6.42 Å². The van der Waals surface area contributed by atoms with Crippen molar-refractivity contribution in [2.24, 2.45) is 5.92 Å². The Bertz CT molecular complexity index is 366. The molecule has 0 N–H and O–H groups in total. The average molecular weight is 203 g/mol. The lowest BCUT2D eigenvalue weighted by Crippen LogP contribution is -2.25. The maximum atomic E-state index is 2.54. The smallest absolute Gasteiger partial charge is 0.0404 e. The Morgan fingerprint density at radius 2 is 2.00 bits per heavy atom. The predicted octanol–water partition coefficient (Wildman–Crippen LogP) is 3.32. The third-order valence-electron chi connectivity index (χ3n) is 3.15. The summed E-state index contributed by atoms with van der Waals surface area (Å²) in [4.78, 5) is 2.54. The second-order valence-electron chi connectivity index (χ2n) is 5.17. The van der Waals surface area contributed by atoms with Gasteiger partial charge < -0.3 is 4.90 Å². The summed E-state index contributed by atoms with van der Waals surface area (Å²) in [5.41, 5.74) is 5.92. The van der Waals surface area contributed by atoms with Crippen LogP contribution in [0.4, 0.5) is 5.69 Å². The Balaban J connectivity index is 2.33. The largest absolute Gasteiger partial charge is 0.371 e. The predicted molar refractivity (Wildman–Crippen MR) is 66.7 cm³/mol. The van der Waals surface area contributed by atoms with Gasteiger partial charge in [-0.1, -0.05) is 19.9 Å². The SMILES string of the molecule is Cc1cc(C)c2c(c1)N(CC(C)C)CC2. The van der Waals surface area contributed by atoms with Gasteiger partial charge >= 0.3 is 0 Å². The highest BCUT2D eigenvalue weighted by molar-refractivity contribution is 5.62. The van der Waals surface area contributed by atoms with E-state index in [9.17, 15) is 0 Å². The maximum Gasteiger partial charge on any atom is 0.0404 e. The molecule has 0 saturated heterocycles. The molecular formula is C14H21N. The van der Waals surface area contributed by atoms with E-state index >= 15 is 0 Å². The zero-order valence-corrected chi connectivity index (χ0v) is 10.3. The molecule has 0 aliphatic carbocycles. The topological polar surface area (TPSA) is 3.24 Å². The van der Waals surface area contributed by atoms with Gasteiger partial charge in [0, 0.05) is 18.8 Å². The normalized spacial score (nSPS) is 14.9. The van der Waals surface area contributed by atoms with E-state index in [0.717, 1.165) is 5.92 Å². The molecule has 0 atom stereocenters. The van der Waals surface area contributed by atoms with Crippen LogP contribution in [0.5, 0.6) is 0 Å². The van der Waals surface area contributed by atoms with E-state index < -0.39 is 0 Å². The molecule has 0 saturated carbocycles. The minimum atomic E-state index is 0.747. The number of fused-ring (bicyclic) bond motifs is 1. The quantitative estimate of drug-likeness (QED) is 0.712. The average Bonchev–Trinajstić information content (AvgIpc) is 2.48.